The van der Waals surface area contributed by atoms with Crippen LogP contribution < -0.4 is 5.32 Å². The second-order valence-electron chi connectivity index (χ2n) is 4.01. The van der Waals surface area contributed by atoms with Gasteiger partial charge < -0.3 is 5.32 Å². The number of amides is 1. The molecule has 0 saturated heterocycles. The summed E-state index contributed by atoms with van der Waals surface area (Å²) in [6, 6.07) is 15.0. The molecule has 0 unspecified atom stereocenters. The third kappa shape index (κ3) is 2.93. The van der Waals surface area contributed by atoms with Gasteiger partial charge in [-0.05, 0) is 42.3 Å². The molecule has 1 amide bonds. The van der Waals surface area contributed by atoms with Crippen molar-refractivity contribution in [3.63, 3.8) is 0 Å². The lowest BCUT2D eigenvalue weighted by atomic mass is 10.1. The normalized spacial score (nSPS) is 10.1. The molecule has 0 bridgehead atoms. The van der Waals surface area contributed by atoms with Gasteiger partial charge in [0.2, 0.25) is 0 Å². The number of hydrogen-bond donors (Lipinski definition) is 2. The van der Waals surface area contributed by atoms with Crippen LogP contribution in [0.15, 0.2) is 53.4 Å². The summed E-state index contributed by atoms with van der Waals surface area (Å²) in [6.07, 6.45) is 0.895. The number of carbonyl (C=O) groups excluding carboxylic acids is 1. The molecule has 2 aromatic carbocycles. The SMILES string of the molecule is CCc1ccccc1NC(=O)c1ccc(S)cc1. The maximum atomic E-state index is 12.1. The molecule has 2 rings (SSSR count). The summed E-state index contributed by atoms with van der Waals surface area (Å²) >= 11 is 4.20. The van der Waals surface area contributed by atoms with Gasteiger partial charge in [0, 0.05) is 16.1 Å². The van der Waals surface area contributed by atoms with Crippen molar-refractivity contribution < 1.29 is 4.79 Å². The molecule has 2 aromatic rings. The first-order valence-corrected chi connectivity index (χ1v) is 6.33. The van der Waals surface area contributed by atoms with E-state index in [0.717, 1.165) is 22.6 Å². The monoisotopic (exact) mass is 257 g/mol. The Bertz CT molecular complexity index is 549. The number of hydrogen-bond acceptors (Lipinski definition) is 2. The average molecular weight is 257 g/mol. The van der Waals surface area contributed by atoms with E-state index in [0.29, 0.717) is 5.56 Å². The van der Waals surface area contributed by atoms with Gasteiger partial charge in [0.25, 0.3) is 5.91 Å². The predicted molar refractivity (Wildman–Crippen MR) is 77.5 cm³/mol. The Morgan fingerprint density at radius 2 is 1.78 bits per heavy atom. The second-order valence-corrected chi connectivity index (χ2v) is 4.53. The summed E-state index contributed by atoms with van der Waals surface area (Å²) in [7, 11) is 0. The van der Waals surface area contributed by atoms with Gasteiger partial charge in [-0.3, -0.25) is 4.79 Å². The summed E-state index contributed by atoms with van der Waals surface area (Å²) in [6.45, 7) is 2.07. The molecule has 1 N–H and O–H groups in total. The van der Waals surface area contributed by atoms with Crippen molar-refractivity contribution in [1.82, 2.24) is 0 Å². The Kier molecular flexibility index (Phi) is 4.05. The highest BCUT2D eigenvalue weighted by Gasteiger charge is 2.07. The maximum Gasteiger partial charge on any atom is 0.255 e. The molecule has 0 fully saturated rings. The molecule has 0 atom stereocenters. The summed E-state index contributed by atoms with van der Waals surface area (Å²) in [5.74, 6) is -0.0933. The van der Waals surface area contributed by atoms with Gasteiger partial charge in [0.05, 0.1) is 0 Å². The molecule has 2 nitrogen and oxygen atoms in total. The van der Waals surface area contributed by atoms with E-state index >= 15 is 0 Å². The lowest BCUT2D eigenvalue weighted by Gasteiger charge is -2.09. The van der Waals surface area contributed by atoms with Crippen LogP contribution in [0.25, 0.3) is 0 Å². The topological polar surface area (TPSA) is 29.1 Å². The first-order chi connectivity index (χ1) is 8.70. The molecular formula is C15H15NOS. The smallest absolute Gasteiger partial charge is 0.255 e. The summed E-state index contributed by atoms with van der Waals surface area (Å²) in [5.41, 5.74) is 2.65. The second kappa shape index (κ2) is 5.74. The van der Waals surface area contributed by atoms with E-state index in [9.17, 15) is 4.79 Å². The maximum absolute atomic E-state index is 12.1. The van der Waals surface area contributed by atoms with Crippen LogP contribution in [0.2, 0.25) is 0 Å². The van der Waals surface area contributed by atoms with Gasteiger partial charge in [-0.1, -0.05) is 25.1 Å². The van der Waals surface area contributed by atoms with Crippen molar-refractivity contribution in [1.29, 1.82) is 0 Å². The number of nitrogens with one attached hydrogen (secondary N) is 1. The fraction of sp³-hybridized carbons (Fsp3) is 0.133. The summed E-state index contributed by atoms with van der Waals surface area (Å²) < 4.78 is 0. The van der Waals surface area contributed by atoms with Gasteiger partial charge in [-0.25, -0.2) is 0 Å². The van der Waals surface area contributed by atoms with Crippen LogP contribution in [0, 0.1) is 0 Å². The van der Waals surface area contributed by atoms with Crippen LogP contribution in [0.1, 0.15) is 22.8 Å². The largest absolute Gasteiger partial charge is 0.322 e. The summed E-state index contributed by atoms with van der Waals surface area (Å²) in [5, 5.41) is 2.93. The van der Waals surface area contributed by atoms with Crippen molar-refractivity contribution in [3.8, 4) is 0 Å². The molecule has 0 aliphatic heterocycles. The zero-order valence-electron chi connectivity index (χ0n) is 10.2. The summed E-state index contributed by atoms with van der Waals surface area (Å²) in [4.78, 5) is 12.9. The van der Waals surface area contributed by atoms with E-state index in [2.05, 4.69) is 24.9 Å². The number of benzene rings is 2. The van der Waals surface area contributed by atoms with Crippen molar-refractivity contribution in [2.24, 2.45) is 0 Å². The molecule has 0 saturated carbocycles. The first kappa shape index (κ1) is 12.7. The zero-order valence-corrected chi connectivity index (χ0v) is 11.1. The van der Waals surface area contributed by atoms with Gasteiger partial charge in [-0.15, -0.1) is 12.6 Å². The Morgan fingerprint density at radius 1 is 1.11 bits per heavy atom. The Labute approximate surface area is 112 Å². The third-order valence-corrected chi connectivity index (χ3v) is 3.07. The minimum absolute atomic E-state index is 0.0933. The quantitative estimate of drug-likeness (QED) is 0.805. The number of anilines is 1. The van der Waals surface area contributed by atoms with Crippen LogP contribution in [0.3, 0.4) is 0 Å². The van der Waals surface area contributed by atoms with E-state index in [1.165, 1.54) is 0 Å². The number of carbonyl (C=O) groups is 1. The number of para-hydroxylation sites is 1. The highest BCUT2D eigenvalue weighted by molar-refractivity contribution is 7.80. The van der Waals surface area contributed by atoms with Crippen LogP contribution in [-0.4, -0.2) is 5.91 Å². The highest BCUT2D eigenvalue weighted by atomic mass is 32.1. The van der Waals surface area contributed by atoms with Gasteiger partial charge in [0.15, 0.2) is 0 Å². The lowest BCUT2D eigenvalue weighted by molar-refractivity contribution is 0.102. The van der Waals surface area contributed by atoms with E-state index in [1.807, 2.05) is 36.4 Å². The van der Waals surface area contributed by atoms with Crippen LogP contribution in [-0.2, 0) is 6.42 Å². The van der Waals surface area contributed by atoms with Gasteiger partial charge in [0.1, 0.15) is 0 Å². The van der Waals surface area contributed by atoms with Crippen molar-refractivity contribution in [2.75, 3.05) is 5.32 Å². The van der Waals surface area contributed by atoms with Crippen LogP contribution in [0.5, 0.6) is 0 Å². The minimum atomic E-state index is -0.0933. The van der Waals surface area contributed by atoms with E-state index < -0.39 is 0 Å². The predicted octanol–water partition coefficient (Wildman–Crippen LogP) is 3.79. The Morgan fingerprint density at radius 3 is 2.44 bits per heavy atom. The lowest BCUT2D eigenvalue weighted by Crippen LogP contribution is -2.12. The molecule has 3 heteroatoms. The van der Waals surface area contributed by atoms with E-state index in [-0.39, 0.29) is 5.91 Å². The zero-order chi connectivity index (χ0) is 13.0. The average Bonchev–Trinajstić information content (AvgIpc) is 2.40. The Balaban J connectivity index is 2.18. The first-order valence-electron chi connectivity index (χ1n) is 5.89. The molecule has 0 radical (unpaired) electrons. The van der Waals surface area contributed by atoms with Crippen LogP contribution in [0.4, 0.5) is 5.69 Å². The molecule has 0 aliphatic rings. The van der Waals surface area contributed by atoms with Crippen molar-refractivity contribution >= 4 is 24.2 Å². The molecule has 92 valence electrons. The fourth-order valence-corrected chi connectivity index (χ4v) is 1.91. The van der Waals surface area contributed by atoms with Crippen molar-refractivity contribution in [2.45, 2.75) is 18.2 Å². The Hall–Kier alpha value is -1.74. The molecule has 0 spiro atoms. The van der Waals surface area contributed by atoms with E-state index in [4.69, 9.17) is 0 Å². The standard InChI is InChI=1S/C15H15NOS/c1-2-11-5-3-4-6-14(11)16-15(17)12-7-9-13(18)10-8-12/h3-10,18H,2H2,1H3,(H,16,17). The molecule has 18 heavy (non-hydrogen) atoms. The van der Waals surface area contributed by atoms with Gasteiger partial charge in [-0.2, -0.15) is 0 Å². The number of rotatable bonds is 3. The molecule has 0 aromatic heterocycles. The van der Waals surface area contributed by atoms with Gasteiger partial charge >= 0.3 is 0 Å². The third-order valence-electron chi connectivity index (χ3n) is 2.78. The fourth-order valence-electron chi connectivity index (χ4n) is 1.76. The van der Waals surface area contributed by atoms with Crippen molar-refractivity contribution in [3.05, 3.63) is 59.7 Å². The molecular weight excluding hydrogens is 242 g/mol. The van der Waals surface area contributed by atoms with E-state index in [1.54, 1.807) is 12.1 Å². The molecule has 0 heterocycles. The van der Waals surface area contributed by atoms with Crippen LogP contribution >= 0.6 is 12.6 Å². The number of aryl methyl sites for hydroxylation is 1. The minimum Gasteiger partial charge on any atom is -0.322 e. The highest BCUT2D eigenvalue weighted by Crippen LogP contribution is 2.17. The number of thiol groups is 1. The molecule has 0 aliphatic carbocycles.